The molecule has 0 unspecified atom stereocenters. The summed E-state index contributed by atoms with van der Waals surface area (Å²) in [6.45, 7) is 3.73. The Kier molecular flexibility index (Phi) is 2.64. The maximum absolute atomic E-state index is 11.8. The first-order valence-corrected chi connectivity index (χ1v) is 5.31. The molecule has 0 radical (unpaired) electrons. The number of amides is 3. The summed E-state index contributed by atoms with van der Waals surface area (Å²) < 4.78 is 0. The fourth-order valence-corrected chi connectivity index (χ4v) is 1.79. The Morgan fingerprint density at radius 2 is 2.06 bits per heavy atom. The minimum atomic E-state index is -0.343. The Bertz CT molecular complexity index is 440. The second-order valence-corrected chi connectivity index (χ2v) is 4.14. The molecule has 1 aliphatic heterocycles. The SMILES string of the molecule is CC(C)NC(=O)N1C(=O)Cc2ccccc21. The highest BCUT2D eigenvalue weighted by molar-refractivity contribution is 6.18. The van der Waals surface area contributed by atoms with Crippen LogP contribution >= 0.6 is 0 Å². The molecule has 0 aromatic heterocycles. The normalized spacial score (nSPS) is 14.2. The molecule has 1 heterocycles. The molecule has 0 atom stereocenters. The third-order valence-electron chi connectivity index (χ3n) is 2.44. The van der Waals surface area contributed by atoms with Crippen LogP contribution in [0.15, 0.2) is 24.3 Å². The van der Waals surface area contributed by atoms with Crippen molar-refractivity contribution < 1.29 is 9.59 Å². The molecule has 0 saturated heterocycles. The highest BCUT2D eigenvalue weighted by Crippen LogP contribution is 2.28. The molecular formula is C12H14N2O2. The zero-order valence-corrected chi connectivity index (χ0v) is 9.36. The third-order valence-corrected chi connectivity index (χ3v) is 2.44. The molecule has 0 saturated carbocycles. The average Bonchev–Trinajstić information content (AvgIpc) is 2.52. The number of rotatable bonds is 1. The van der Waals surface area contributed by atoms with Crippen LogP contribution in [0.4, 0.5) is 10.5 Å². The summed E-state index contributed by atoms with van der Waals surface area (Å²) in [5, 5.41) is 2.72. The quantitative estimate of drug-likeness (QED) is 0.779. The van der Waals surface area contributed by atoms with E-state index in [0.717, 1.165) is 5.56 Å². The van der Waals surface area contributed by atoms with Crippen LogP contribution in [-0.4, -0.2) is 18.0 Å². The minimum absolute atomic E-state index is 0.0214. The lowest BCUT2D eigenvalue weighted by Gasteiger charge is -2.18. The van der Waals surface area contributed by atoms with E-state index in [9.17, 15) is 9.59 Å². The zero-order chi connectivity index (χ0) is 11.7. The highest BCUT2D eigenvalue weighted by Gasteiger charge is 2.31. The summed E-state index contributed by atoms with van der Waals surface area (Å²) in [5.41, 5.74) is 1.61. The van der Waals surface area contributed by atoms with Crippen LogP contribution in [0.2, 0.25) is 0 Å². The number of carbonyl (C=O) groups is 2. The van der Waals surface area contributed by atoms with E-state index in [1.165, 1.54) is 4.90 Å². The lowest BCUT2D eigenvalue weighted by molar-refractivity contribution is -0.116. The Labute approximate surface area is 94.2 Å². The smallest absolute Gasteiger partial charge is 0.328 e. The van der Waals surface area contributed by atoms with E-state index in [0.29, 0.717) is 12.1 Å². The standard InChI is InChI=1S/C12H14N2O2/c1-8(2)13-12(16)14-10-6-4-3-5-9(10)7-11(14)15/h3-6,8H,7H2,1-2H3,(H,13,16). The van der Waals surface area contributed by atoms with Crippen LogP contribution in [0.1, 0.15) is 19.4 Å². The number of nitrogens with zero attached hydrogens (tertiary/aromatic N) is 1. The van der Waals surface area contributed by atoms with Gasteiger partial charge in [-0.25, -0.2) is 9.69 Å². The predicted molar refractivity (Wildman–Crippen MR) is 61.3 cm³/mol. The fourth-order valence-electron chi connectivity index (χ4n) is 1.79. The number of hydrogen-bond donors (Lipinski definition) is 1. The van der Waals surface area contributed by atoms with Crippen molar-refractivity contribution in [2.75, 3.05) is 4.90 Å². The van der Waals surface area contributed by atoms with Crippen molar-refractivity contribution in [3.63, 3.8) is 0 Å². The number of imide groups is 1. The van der Waals surface area contributed by atoms with Gasteiger partial charge in [-0.2, -0.15) is 0 Å². The Morgan fingerprint density at radius 1 is 1.38 bits per heavy atom. The molecule has 4 heteroatoms. The van der Waals surface area contributed by atoms with Gasteiger partial charge >= 0.3 is 6.03 Å². The number of hydrogen-bond acceptors (Lipinski definition) is 2. The van der Waals surface area contributed by atoms with Crippen LogP contribution in [0.3, 0.4) is 0 Å². The molecule has 0 spiro atoms. The van der Waals surface area contributed by atoms with Crippen molar-refractivity contribution in [3.8, 4) is 0 Å². The minimum Gasteiger partial charge on any atom is -0.335 e. The van der Waals surface area contributed by atoms with Crippen molar-refractivity contribution >= 4 is 17.6 Å². The summed E-state index contributed by atoms with van der Waals surface area (Å²) in [6.07, 6.45) is 0.307. The van der Waals surface area contributed by atoms with Crippen molar-refractivity contribution in [1.29, 1.82) is 0 Å². The summed E-state index contributed by atoms with van der Waals surface area (Å²) >= 11 is 0. The van der Waals surface area contributed by atoms with Crippen LogP contribution in [0.25, 0.3) is 0 Å². The number of nitrogens with one attached hydrogen (secondary N) is 1. The summed E-state index contributed by atoms with van der Waals surface area (Å²) in [6, 6.07) is 7.04. The van der Waals surface area contributed by atoms with Gasteiger partial charge < -0.3 is 5.32 Å². The number of urea groups is 1. The van der Waals surface area contributed by atoms with Gasteiger partial charge in [0.15, 0.2) is 0 Å². The first kappa shape index (κ1) is 10.7. The van der Waals surface area contributed by atoms with Gasteiger partial charge in [0.25, 0.3) is 0 Å². The lowest BCUT2D eigenvalue weighted by atomic mass is 10.2. The van der Waals surface area contributed by atoms with Gasteiger partial charge in [0.05, 0.1) is 12.1 Å². The van der Waals surface area contributed by atoms with E-state index >= 15 is 0 Å². The Balaban J connectivity index is 2.29. The number of carbonyl (C=O) groups excluding carboxylic acids is 2. The zero-order valence-electron chi connectivity index (χ0n) is 9.36. The van der Waals surface area contributed by atoms with Gasteiger partial charge in [-0.05, 0) is 25.5 Å². The fraction of sp³-hybridized carbons (Fsp3) is 0.333. The maximum atomic E-state index is 11.8. The molecule has 1 aromatic carbocycles. The molecule has 84 valence electrons. The highest BCUT2D eigenvalue weighted by atomic mass is 16.2. The van der Waals surface area contributed by atoms with Crippen molar-refractivity contribution in [1.82, 2.24) is 5.32 Å². The molecule has 0 aliphatic carbocycles. The van der Waals surface area contributed by atoms with E-state index in [2.05, 4.69) is 5.32 Å². The monoisotopic (exact) mass is 218 g/mol. The molecule has 16 heavy (non-hydrogen) atoms. The molecule has 4 nitrogen and oxygen atoms in total. The van der Waals surface area contributed by atoms with E-state index < -0.39 is 0 Å². The largest absolute Gasteiger partial charge is 0.335 e. The molecule has 1 aliphatic rings. The van der Waals surface area contributed by atoms with E-state index in [4.69, 9.17) is 0 Å². The molecular weight excluding hydrogens is 204 g/mol. The maximum Gasteiger partial charge on any atom is 0.328 e. The van der Waals surface area contributed by atoms with Gasteiger partial charge in [0, 0.05) is 6.04 Å². The van der Waals surface area contributed by atoms with Crippen LogP contribution < -0.4 is 10.2 Å². The van der Waals surface area contributed by atoms with E-state index in [1.807, 2.05) is 32.0 Å². The Hall–Kier alpha value is -1.84. The average molecular weight is 218 g/mol. The van der Waals surface area contributed by atoms with E-state index in [1.54, 1.807) is 6.07 Å². The first-order chi connectivity index (χ1) is 7.59. The molecule has 1 aromatic rings. The number of anilines is 1. The van der Waals surface area contributed by atoms with E-state index in [-0.39, 0.29) is 18.0 Å². The van der Waals surface area contributed by atoms with Gasteiger partial charge in [-0.1, -0.05) is 18.2 Å². The second-order valence-electron chi connectivity index (χ2n) is 4.14. The summed E-state index contributed by atoms with van der Waals surface area (Å²) in [5.74, 6) is -0.167. The topological polar surface area (TPSA) is 49.4 Å². The number of para-hydroxylation sites is 1. The first-order valence-electron chi connectivity index (χ1n) is 5.31. The van der Waals surface area contributed by atoms with Crippen LogP contribution in [0.5, 0.6) is 0 Å². The van der Waals surface area contributed by atoms with Crippen LogP contribution in [0, 0.1) is 0 Å². The van der Waals surface area contributed by atoms with Crippen LogP contribution in [-0.2, 0) is 11.2 Å². The molecule has 0 bridgehead atoms. The van der Waals surface area contributed by atoms with Gasteiger partial charge in [-0.15, -0.1) is 0 Å². The third kappa shape index (κ3) is 1.78. The van der Waals surface area contributed by atoms with Crippen molar-refractivity contribution in [3.05, 3.63) is 29.8 Å². The number of fused-ring (bicyclic) bond motifs is 1. The van der Waals surface area contributed by atoms with Crippen molar-refractivity contribution in [2.24, 2.45) is 0 Å². The molecule has 2 rings (SSSR count). The molecule has 1 N–H and O–H groups in total. The van der Waals surface area contributed by atoms with Gasteiger partial charge in [0.2, 0.25) is 5.91 Å². The Morgan fingerprint density at radius 3 is 2.75 bits per heavy atom. The predicted octanol–water partition coefficient (Wildman–Crippen LogP) is 1.69. The van der Waals surface area contributed by atoms with Gasteiger partial charge in [0.1, 0.15) is 0 Å². The van der Waals surface area contributed by atoms with Crippen molar-refractivity contribution in [2.45, 2.75) is 26.3 Å². The summed E-state index contributed by atoms with van der Waals surface area (Å²) in [7, 11) is 0. The van der Waals surface area contributed by atoms with Gasteiger partial charge in [-0.3, -0.25) is 4.79 Å². The molecule has 0 fully saturated rings. The second kappa shape index (κ2) is 3.96. The lowest BCUT2D eigenvalue weighted by Crippen LogP contribution is -2.44. The molecule has 3 amide bonds. The number of benzene rings is 1. The summed E-state index contributed by atoms with van der Waals surface area (Å²) in [4.78, 5) is 24.8.